The van der Waals surface area contributed by atoms with Crippen molar-refractivity contribution >= 4 is 23.1 Å². The van der Waals surface area contributed by atoms with Gasteiger partial charge in [0.05, 0.1) is 16.9 Å². The molecule has 0 unspecified atom stereocenters. The standard InChI is InChI=1S/C11H15N3O2S/c12-9(17)11(4-1-2-5-11)10(15)13-7-8-3-6-16-14-8/h3,6H,1-2,4-5,7H2,(H2,12,17)(H,13,15). The van der Waals surface area contributed by atoms with E-state index >= 15 is 0 Å². The van der Waals surface area contributed by atoms with Crippen molar-refractivity contribution in [3.63, 3.8) is 0 Å². The van der Waals surface area contributed by atoms with Crippen molar-refractivity contribution in [2.24, 2.45) is 11.1 Å². The first-order valence-corrected chi connectivity index (χ1v) is 6.03. The van der Waals surface area contributed by atoms with E-state index in [0.717, 1.165) is 25.7 Å². The molecule has 1 heterocycles. The van der Waals surface area contributed by atoms with Crippen molar-refractivity contribution in [1.82, 2.24) is 10.5 Å². The highest BCUT2D eigenvalue weighted by molar-refractivity contribution is 7.80. The second kappa shape index (κ2) is 4.83. The van der Waals surface area contributed by atoms with Crippen LogP contribution in [-0.4, -0.2) is 16.1 Å². The summed E-state index contributed by atoms with van der Waals surface area (Å²) < 4.78 is 4.69. The van der Waals surface area contributed by atoms with E-state index in [1.54, 1.807) is 6.07 Å². The van der Waals surface area contributed by atoms with Crippen LogP contribution in [0.5, 0.6) is 0 Å². The van der Waals surface area contributed by atoms with Gasteiger partial charge in [-0.3, -0.25) is 4.79 Å². The number of aromatic nitrogens is 1. The molecule has 92 valence electrons. The summed E-state index contributed by atoms with van der Waals surface area (Å²) in [5, 5.41) is 6.55. The maximum absolute atomic E-state index is 12.2. The lowest BCUT2D eigenvalue weighted by molar-refractivity contribution is -0.127. The summed E-state index contributed by atoms with van der Waals surface area (Å²) in [6.07, 6.45) is 4.95. The number of rotatable bonds is 4. The van der Waals surface area contributed by atoms with Gasteiger partial charge in [-0.2, -0.15) is 0 Å². The third kappa shape index (κ3) is 2.31. The van der Waals surface area contributed by atoms with Crippen molar-refractivity contribution in [2.45, 2.75) is 32.2 Å². The normalized spacial score (nSPS) is 17.9. The number of hydrogen-bond acceptors (Lipinski definition) is 4. The molecule has 1 fully saturated rings. The van der Waals surface area contributed by atoms with Gasteiger partial charge in [0.15, 0.2) is 0 Å². The molecular weight excluding hydrogens is 238 g/mol. The zero-order valence-electron chi connectivity index (χ0n) is 9.44. The van der Waals surface area contributed by atoms with Crippen molar-refractivity contribution in [3.8, 4) is 0 Å². The summed E-state index contributed by atoms with van der Waals surface area (Å²) in [4.78, 5) is 12.5. The molecule has 5 nitrogen and oxygen atoms in total. The minimum absolute atomic E-state index is 0.0921. The monoisotopic (exact) mass is 253 g/mol. The molecule has 1 amide bonds. The fourth-order valence-corrected chi connectivity index (χ4v) is 2.53. The van der Waals surface area contributed by atoms with Crippen molar-refractivity contribution in [3.05, 3.63) is 18.0 Å². The lowest BCUT2D eigenvalue weighted by atomic mass is 9.85. The highest BCUT2D eigenvalue weighted by Crippen LogP contribution is 2.38. The molecule has 0 bridgehead atoms. The molecule has 1 aromatic heterocycles. The molecule has 3 N–H and O–H groups in total. The molecule has 0 aromatic carbocycles. The summed E-state index contributed by atoms with van der Waals surface area (Å²) in [5.41, 5.74) is 5.75. The van der Waals surface area contributed by atoms with Crippen LogP contribution in [0.1, 0.15) is 31.4 Å². The van der Waals surface area contributed by atoms with Crippen LogP contribution >= 0.6 is 12.2 Å². The number of carbonyl (C=O) groups excluding carboxylic acids is 1. The third-order valence-corrected chi connectivity index (χ3v) is 3.68. The third-order valence-electron chi connectivity index (χ3n) is 3.28. The Labute approximate surface area is 105 Å². The molecule has 1 saturated carbocycles. The fourth-order valence-electron chi connectivity index (χ4n) is 2.23. The largest absolute Gasteiger partial charge is 0.392 e. The summed E-state index contributed by atoms with van der Waals surface area (Å²) >= 11 is 5.04. The van der Waals surface area contributed by atoms with Gasteiger partial charge < -0.3 is 15.6 Å². The van der Waals surface area contributed by atoms with Crippen LogP contribution in [0, 0.1) is 5.41 Å². The van der Waals surface area contributed by atoms with E-state index in [1.165, 1.54) is 6.26 Å². The molecule has 17 heavy (non-hydrogen) atoms. The predicted molar refractivity (Wildman–Crippen MR) is 66.0 cm³/mol. The van der Waals surface area contributed by atoms with Crippen LogP contribution in [0.4, 0.5) is 0 Å². The topological polar surface area (TPSA) is 81.2 Å². The van der Waals surface area contributed by atoms with Crippen molar-refractivity contribution in [2.75, 3.05) is 0 Å². The van der Waals surface area contributed by atoms with Gasteiger partial charge in [0, 0.05) is 6.07 Å². The van der Waals surface area contributed by atoms with Gasteiger partial charge in [0.25, 0.3) is 0 Å². The Morgan fingerprint density at radius 3 is 2.82 bits per heavy atom. The number of thiocarbonyl (C=S) groups is 1. The molecular formula is C11H15N3O2S. The number of nitrogens with one attached hydrogen (secondary N) is 1. The Balaban J connectivity index is 2.00. The average molecular weight is 253 g/mol. The summed E-state index contributed by atoms with van der Waals surface area (Å²) in [6.45, 7) is 0.347. The van der Waals surface area contributed by atoms with Crippen LogP contribution in [0.25, 0.3) is 0 Å². The smallest absolute Gasteiger partial charge is 0.233 e. The van der Waals surface area contributed by atoms with Crippen LogP contribution < -0.4 is 11.1 Å². The predicted octanol–water partition coefficient (Wildman–Crippen LogP) is 1.14. The Bertz CT molecular complexity index is 410. The number of hydrogen-bond donors (Lipinski definition) is 2. The van der Waals surface area contributed by atoms with Crippen molar-refractivity contribution in [1.29, 1.82) is 0 Å². The van der Waals surface area contributed by atoms with Gasteiger partial charge >= 0.3 is 0 Å². The lowest BCUT2D eigenvalue weighted by Crippen LogP contribution is -2.47. The molecule has 1 aromatic rings. The van der Waals surface area contributed by atoms with Crippen LogP contribution in [0.15, 0.2) is 16.9 Å². The van der Waals surface area contributed by atoms with Gasteiger partial charge in [0.1, 0.15) is 12.0 Å². The van der Waals surface area contributed by atoms with E-state index in [9.17, 15) is 4.79 Å². The number of nitrogens with zero attached hydrogens (tertiary/aromatic N) is 1. The Kier molecular flexibility index (Phi) is 3.42. The molecule has 0 spiro atoms. The second-order valence-corrected chi connectivity index (χ2v) is 4.77. The zero-order valence-corrected chi connectivity index (χ0v) is 10.3. The van der Waals surface area contributed by atoms with Gasteiger partial charge in [-0.15, -0.1) is 0 Å². The first kappa shape index (κ1) is 12.0. The van der Waals surface area contributed by atoms with E-state index in [4.69, 9.17) is 22.5 Å². The molecule has 0 aliphatic heterocycles. The summed E-state index contributed by atoms with van der Waals surface area (Å²) in [6, 6.07) is 1.71. The highest BCUT2D eigenvalue weighted by atomic mass is 32.1. The average Bonchev–Trinajstić information content (AvgIpc) is 2.97. The van der Waals surface area contributed by atoms with Gasteiger partial charge in [-0.05, 0) is 12.8 Å². The highest BCUT2D eigenvalue weighted by Gasteiger charge is 2.43. The Morgan fingerprint density at radius 2 is 2.29 bits per heavy atom. The van der Waals surface area contributed by atoms with Gasteiger partial charge in [-0.25, -0.2) is 0 Å². The van der Waals surface area contributed by atoms with E-state index < -0.39 is 5.41 Å². The number of nitrogens with two attached hydrogens (primary N) is 1. The Morgan fingerprint density at radius 1 is 1.59 bits per heavy atom. The van der Waals surface area contributed by atoms with E-state index in [-0.39, 0.29) is 5.91 Å². The van der Waals surface area contributed by atoms with Gasteiger partial charge in [0.2, 0.25) is 5.91 Å². The van der Waals surface area contributed by atoms with E-state index in [0.29, 0.717) is 17.2 Å². The molecule has 6 heteroatoms. The molecule has 0 saturated heterocycles. The second-order valence-electron chi connectivity index (χ2n) is 4.33. The maximum Gasteiger partial charge on any atom is 0.233 e. The minimum Gasteiger partial charge on any atom is -0.392 e. The molecule has 0 radical (unpaired) electrons. The maximum atomic E-state index is 12.2. The van der Waals surface area contributed by atoms with Crippen LogP contribution in [0.3, 0.4) is 0 Å². The molecule has 0 atom stereocenters. The Hall–Kier alpha value is -1.43. The van der Waals surface area contributed by atoms with Crippen LogP contribution in [-0.2, 0) is 11.3 Å². The van der Waals surface area contributed by atoms with E-state index in [2.05, 4.69) is 10.5 Å². The number of amides is 1. The van der Waals surface area contributed by atoms with Gasteiger partial charge in [-0.1, -0.05) is 30.2 Å². The molecule has 1 aliphatic rings. The summed E-state index contributed by atoms with van der Waals surface area (Å²) in [5.74, 6) is -0.0921. The van der Waals surface area contributed by atoms with Crippen LogP contribution in [0.2, 0.25) is 0 Å². The molecule has 2 rings (SSSR count). The van der Waals surface area contributed by atoms with Crippen molar-refractivity contribution < 1.29 is 9.32 Å². The first-order valence-electron chi connectivity index (χ1n) is 5.63. The first-order chi connectivity index (χ1) is 8.15. The lowest BCUT2D eigenvalue weighted by Gasteiger charge is -2.25. The minimum atomic E-state index is -0.654. The number of carbonyl (C=O) groups is 1. The fraction of sp³-hybridized carbons (Fsp3) is 0.545. The molecule has 1 aliphatic carbocycles. The quantitative estimate of drug-likeness (QED) is 0.786. The summed E-state index contributed by atoms with van der Waals surface area (Å²) in [7, 11) is 0. The SMILES string of the molecule is NC(=S)C1(C(=O)NCc2ccon2)CCCC1. The zero-order chi connectivity index (χ0) is 12.3. The van der Waals surface area contributed by atoms with E-state index in [1.807, 2.05) is 0 Å².